The molecule has 1 heterocycles. The molecule has 0 aliphatic heterocycles. The topological polar surface area (TPSA) is 132 Å². The van der Waals surface area contributed by atoms with E-state index in [2.05, 4.69) is 5.32 Å². The molecule has 3 rings (SSSR count). The Balaban J connectivity index is 1.79. The summed E-state index contributed by atoms with van der Waals surface area (Å²) in [6.07, 6.45) is 0.784. The number of ether oxygens (including phenoxy) is 2. The van der Waals surface area contributed by atoms with E-state index in [-0.39, 0.29) is 36.9 Å². The fourth-order valence-corrected chi connectivity index (χ4v) is 5.61. The van der Waals surface area contributed by atoms with Gasteiger partial charge in [0, 0.05) is 19.2 Å². The lowest BCUT2D eigenvalue weighted by Gasteiger charge is -2.30. The number of aromatic nitrogens is 1. The number of alkyl carbamates (subject to hydrolysis) is 1. The molecule has 39 heavy (non-hydrogen) atoms. The summed E-state index contributed by atoms with van der Waals surface area (Å²) in [5.74, 6) is 0.501. The van der Waals surface area contributed by atoms with E-state index in [0.717, 1.165) is 5.56 Å². The predicted molar refractivity (Wildman–Crippen MR) is 145 cm³/mol. The van der Waals surface area contributed by atoms with E-state index in [1.807, 2.05) is 44.2 Å². The molecule has 2 atom stereocenters. The number of methoxy groups -OCH3 is 1. The monoisotopic (exact) mass is 557 g/mol. The zero-order valence-corrected chi connectivity index (χ0v) is 23.1. The number of nitrogens with zero attached hydrogens (tertiary/aromatic N) is 2. The molecule has 210 valence electrons. The van der Waals surface area contributed by atoms with E-state index >= 15 is 0 Å². The van der Waals surface area contributed by atoms with Crippen LogP contribution in [0.3, 0.4) is 0 Å². The van der Waals surface area contributed by atoms with Gasteiger partial charge in [-0.1, -0.05) is 44.2 Å². The van der Waals surface area contributed by atoms with Crippen LogP contribution in [0.4, 0.5) is 4.79 Å². The van der Waals surface area contributed by atoms with E-state index < -0.39 is 28.3 Å². The van der Waals surface area contributed by atoms with E-state index in [1.54, 1.807) is 18.2 Å². The Morgan fingerprint density at radius 1 is 1.03 bits per heavy atom. The van der Waals surface area contributed by atoms with E-state index in [1.165, 1.54) is 42.0 Å². The van der Waals surface area contributed by atoms with Crippen molar-refractivity contribution in [3.63, 3.8) is 0 Å². The minimum absolute atomic E-state index is 0.0228. The van der Waals surface area contributed by atoms with E-state index in [4.69, 9.17) is 9.47 Å². The number of carbonyl (C=O) groups is 1. The number of nitrogens with one attached hydrogen (secondary N) is 1. The number of hydrogen-bond donors (Lipinski definition) is 2. The SMILES string of the molecule is COc1ccc(S(=O)(=O)N(CC(C)C)CC(O)C(Cc2ccccc2)NC(=O)OCc2ccc[n+]([O-])c2)cc1. The predicted octanol–water partition coefficient (Wildman–Crippen LogP) is 2.87. The number of aliphatic hydroxyl groups is 1. The van der Waals surface area contributed by atoms with Crippen LogP contribution in [0.25, 0.3) is 0 Å². The van der Waals surface area contributed by atoms with Crippen LogP contribution in [0.2, 0.25) is 0 Å². The molecule has 0 saturated heterocycles. The van der Waals surface area contributed by atoms with Crippen molar-refractivity contribution in [1.82, 2.24) is 9.62 Å². The van der Waals surface area contributed by atoms with Crippen LogP contribution in [0.5, 0.6) is 5.75 Å². The molecular weight excluding hydrogens is 522 g/mol. The van der Waals surface area contributed by atoms with Crippen molar-refractivity contribution < 1.29 is 32.5 Å². The van der Waals surface area contributed by atoms with Gasteiger partial charge in [-0.05, 0) is 48.2 Å². The number of carbonyl (C=O) groups excluding carboxylic acids is 1. The highest BCUT2D eigenvalue weighted by Crippen LogP contribution is 2.21. The highest BCUT2D eigenvalue weighted by atomic mass is 32.2. The number of aliphatic hydroxyl groups excluding tert-OH is 1. The molecule has 10 nitrogen and oxygen atoms in total. The van der Waals surface area contributed by atoms with Crippen molar-refractivity contribution >= 4 is 16.1 Å². The Morgan fingerprint density at radius 3 is 2.31 bits per heavy atom. The van der Waals surface area contributed by atoms with Crippen molar-refractivity contribution in [3.05, 3.63) is 95.5 Å². The summed E-state index contributed by atoms with van der Waals surface area (Å²) in [6, 6.07) is 17.6. The first-order valence-corrected chi connectivity index (χ1v) is 14.0. The smallest absolute Gasteiger partial charge is 0.407 e. The van der Waals surface area contributed by atoms with Gasteiger partial charge in [-0.15, -0.1) is 0 Å². The van der Waals surface area contributed by atoms with Crippen LogP contribution >= 0.6 is 0 Å². The normalized spacial score (nSPS) is 13.2. The van der Waals surface area contributed by atoms with Crippen molar-refractivity contribution in [1.29, 1.82) is 0 Å². The van der Waals surface area contributed by atoms with Crippen molar-refractivity contribution in [3.8, 4) is 5.75 Å². The maximum Gasteiger partial charge on any atom is 0.407 e. The average Bonchev–Trinajstić information content (AvgIpc) is 2.91. The number of amides is 1. The molecule has 2 aromatic carbocycles. The van der Waals surface area contributed by atoms with Gasteiger partial charge >= 0.3 is 6.09 Å². The molecule has 3 aromatic rings. The first kappa shape index (κ1) is 29.9. The summed E-state index contributed by atoms with van der Waals surface area (Å²) in [5, 5.41) is 25.4. The quantitative estimate of drug-likeness (QED) is 0.244. The van der Waals surface area contributed by atoms with Gasteiger partial charge in [0.2, 0.25) is 10.0 Å². The molecule has 2 N–H and O–H groups in total. The van der Waals surface area contributed by atoms with Crippen LogP contribution < -0.4 is 14.8 Å². The first-order valence-electron chi connectivity index (χ1n) is 12.6. The molecule has 1 aromatic heterocycles. The van der Waals surface area contributed by atoms with Crippen LogP contribution in [0, 0.1) is 11.1 Å². The maximum absolute atomic E-state index is 13.5. The highest BCUT2D eigenvalue weighted by molar-refractivity contribution is 7.89. The molecule has 0 spiro atoms. The Labute approximate surface area is 229 Å². The average molecular weight is 558 g/mol. The fraction of sp³-hybridized carbons (Fsp3) is 0.357. The van der Waals surface area contributed by atoms with Crippen LogP contribution in [0.1, 0.15) is 25.0 Å². The maximum atomic E-state index is 13.5. The van der Waals surface area contributed by atoms with Gasteiger partial charge in [0.25, 0.3) is 0 Å². The van der Waals surface area contributed by atoms with Gasteiger partial charge in [-0.25, -0.2) is 13.2 Å². The standard InChI is InChI=1S/C28H35N3O7S/c1-21(2)17-31(39(35,36)25-13-11-24(37-3)12-14-25)19-27(32)26(16-22-8-5-4-6-9-22)29-28(33)38-20-23-10-7-15-30(34)18-23/h4-15,18,21,26-27,32H,16-17,19-20H2,1-3H3,(H,29,33). The van der Waals surface area contributed by atoms with Gasteiger partial charge < -0.3 is 25.1 Å². The Hall–Kier alpha value is -3.67. The van der Waals surface area contributed by atoms with Gasteiger partial charge in [0.15, 0.2) is 12.4 Å². The number of hydrogen-bond acceptors (Lipinski definition) is 7. The minimum Gasteiger partial charge on any atom is -0.619 e. The Morgan fingerprint density at radius 2 is 1.69 bits per heavy atom. The van der Waals surface area contributed by atoms with Gasteiger partial charge in [-0.2, -0.15) is 9.04 Å². The lowest BCUT2D eigenvalue weighted by Crippen LogP contribution is -2.51. The molecule has 2 unspecified atom stereocenters. The van der Waals surface area contributed by atoms with Gasteiger partial charge in [0.1, 0.15) is 12.4 Å². The zero-order chi connectivity index (χ0) is 28.4. The highest BCUT2D eigenvalue weighted by Gasteiger charge is 2.31. The second-order valence-corrected chi connectivity index (χ2v) is 11.5. The largest absolute Gasteiger partial charge is 0.619 e. The summed E-state index contributed by atoms with van der Waals surface area (Å²) in [7, 11) is -2.46. The zero-order valence-electron chi connectivity index (χ0n) is 22.3. The number of rotatable bonds is 13. The molecule has 11 heteroatoms. The molecule has 0 aliphatic rings. The summed E-state index contributed by atoms with van der Waals surface area (Å²) in [6.45, 7) is 3.54. The molecule has 1 amide bonds. The minimum atomic E-state index is -3.96. The van der Waals surface area contributed by atoms with Crippen molar-refractivity contribution in [2.75, 3.05) is 20.2 Å². The third-order valence-corrected chi connectivity index (χ3v) is 7.77. The van der Waals surface area contributed by atoms with E-state index in [9.17, 15) is 23.5 Å². The Kier molecular flexibility index (Phi) is 10.7. The molecule has 0 fully saturated rings. The van der Waals surface area contributed by atoms with Crippen molar-refractivity contribution in [2.24, 2.45) is 5.92 Å². The summed E-state index contributed by atoms with van der Waals surface area (Å²) < 4.78 is 39.3. The second kappa shape index (κ2) is 13.9. The van der Waals surface area contributed by atoms with E-state index in [0.29, 0.717) is 16.0 Å². The van der Waals surface area contributed by atoms with Crippen LogP contribution in [-0.2, 0) is 27.8 Å². The second-order valence-electron chi connectivity index (χ2n) is 9.55. The lowest BCUT2D eigenvalue weighted by molar-refractivity contribution is -0.606. The Bertz CT molecular complexity index is 1300. The van der Waals surface area contributed by atoms with Gasteiger partial charge in [-0.3, -0.25) is 0 Å². The molecular formula is C28H35N3O7S. The number of sulfonamides is 1. The summed E-state index contributed by atoms with van der Waals surface area (Å²) >= 11 is 0. The summed E-state index contributed by atoms with van der Waals surface area (Å²) in [4.78, 5) is 12.7. The molecule has 0 aliphatic carbocycles. The number of benzene rings is 2. The first-order chi connectivity index (χ1) is 18.6. The fourth-order valence-electron chi connectivity index (χ4n) is 3.99. The molecule has 0 radical (unpaired) electrons. The molecule has 0 bridgehead atoms. The lowest BCUT2D eigenvalue weighted by atomic mass is 10.0. The van der Waals surface area contributed by atoms with Crippen LogP contribution in [0.15, 0.2) is 84.0 Å². The third-order valence-electron chi connectivity index (χ3n) is 5.93. The number of pyridine rings is 1. The van der Waals surface area contributed by atoms with Gasteiger partial charge in [0.05, 0.1) is 29.7 Å². The third kappa shape index (κ3) is 8.95. The summed E-state index contributed by atoms with van der Waals surface area (Å²) in [5.41, 5.74) is 1.34. The van der Waals surface area contributed by atoms with Crippen LogP contribution in [-0.4, -0.2) is 56.3 Å². The van der Waals surface area contributed by atoms with Crippen molar-refractivity contribution in [2.45, 2.75) is 43.9 Å². The molecule has 0 saturated carbocycles.